The fourth-order valence-electron chi connectivity index (χ4n) is 3.07. The summed E-state index contributed by atoms with van der Waals surface area (Å²) in [7, 11) is -1.33. The molecule has 3 fully saturated rings. The number of sulfonamides is 1. The first-order valence-electron chi connectivity index (χ1n) is 5.56. The highest BCUT2D eigenvalue weighted by molar-refractivity contribution is 9.10. The summed E-state index contributed by atoms with van der Waals surface area (Å²) in [5, 5.41) is 0. The van der Waals surface area contributed by atoms with Gasteiger partial charge in [-0.3, -0.25) is 0 Å². The van der Waals surface area contributed by atoms with Crippen molar-refractivity contribution >= 4 is 26.0 Å². The van der Waals surface area contributed by atoms with E-state index in [0.717, 1.165) is 12.3 Å². The van der Waals surface area contributed by atoms with Crippen molar-refractivity contribution in [3.05, 3.63) is 0 Å². The van der Waals surface area contributed by atoms with E-state index < -0.39 is 10.0 Å². The first-order valence-corrected chi connectivity index (χ1v) is 8.29. The van der Waals surface area contributed by atoms with Crippen LogP contribution in [0, 0.1) is 11.8 Å². The van der Waals surface area contributed by atoms with Gasteiger partial charge in [0.1, 0.15) is 4.66 Å². The zero-order valence-corrected chi connectivity index (χ0v) is 11.4. The second-order valence-electron chi connectivity index (χ2n) is 4.82. The third-order valence-electron chi connectivity index (χ3n) is 4.05. The maximum atomic E-state index is 11.8. The van der Waals surface area contributed by atoms with Crippen LogP contribution in [-0.4, -0.2) is 30.5 Å². The van der Waals surface area contributed by atoms with Crippen LogP contribution in [0.15, 0.2) is 0 Å². The molecule has 3 saturated carbocycles. The molecule has 0 amide bonds. The lowest BCUT2D eigenvalue weighted by Crippen LogP contribution is -2.48. The van der Waals surface area contributed by atoms with Crippen LogP contribution < -0.4 is 0 Å². The van der Waals surface area contributed by atoms with Crippen LogP contribution in [0.1, 0.15) is 32.1 Å². The second kappa shape index (κ2) is 4.34. The molecule has 15 heavy (non-hydrogen) atoms. The normalized spacial score (nSPS) is 36.1. The molecule has 0 heterocycles. The molecule has 0 aliphatic heterocycles. The van der Waals surface area contributed by atoms with Crippen LogP contribution in [0.2, 0.25) is 0 Å². The van der Waals surface area contributed by atoms with Crippen molar-refractivity contribution in [2.24, 2.45) is 11.8 Å². The standard InChI is InChI=1S/C10H18BrNO2S/c1-12(15(13,14)7-11)10-6-8-2-4-9(10)5-3-8/h8-10H,2-7H2,1H3. The van der Waals surface area contributed by atoms with Gasteiger partial charge in [0.15, 0.2) is 0 Å². The topological polar surface area (TPSA) is 37.4 Å². The number of fused-ring (bicyclic) bond motifs is 3. The number of hydrogen-bond acceptors (Lipinski definition) is 2. The Morgan fingerprint density at radius 1 is 1.27 bits per heavy atom. The Balaban J connectivity index is 2.11. The highest BCUT2D eigenvalue weighted by Crippen LogP contribution is 2.43. The first-order chi connectivity index (χ1) is 7.04. The summed E-state index contributed by atoms with van der Waals surface area (Å²) in [6, 6.07) is 0.264. The van der Waals surface area contributed by atoms with Crippen molar-refractivity contribution < 1.29 is 8.42 Å². The molecule has 5 heteroatoms. The molecule has 0 N–H and O–H groups in total. The Morgan fingerprint density at radius 2 is 1.87 bits per heavy atom. The van der Waals surface area contributed by atoms with E-state index in [1.54, 1.807) is 11.4 Å². The number of hydrogen-bond donors (Lipinski definition) is 0. The lowest BCUT2D eigenvalue weighted by molar-refractivity contribution is 0.0892. The fourth-order valence-corrected chi connectivity index (χ4v) is 4.86. The van der Waals surface area contributed by atoms with Crippen LogP contribution in [-0.2, 0) is 10.0 Å². The number of halogens is 1. The molecule has 0 aromatic rings. The van der Waals surface area contributed by atoms with Gasteiger partial charge in [0, 0.05) is 13.1 Å². The maximum Gasteiger partial charge on any atom is 0.224 e. The van der Waals surface area contributed by atoms with Gasteiger partial charge in [0.05, 0.1) is 0 Å². The van der Waals surface area contributed by atoms with Crippen molar-refractivity contribution in [1.82, 2.24) is 4.31 Å². The molecular weight excluding hydrogens is 278 g/mol. The first kappa shape index (κ1) is 11.9. The van der Waals surface area contributed by atoms with Crippen molar-refractivity contribution in [2.75, 3.05) is 11.7 Å². The summed E-state index contributed by atoms with van der Waals surface area (Å²) >= 11 is 3.06. The van der Waals surface area contributed by atoms with Crippen LogP contribution in [0.3, 0.4) is 0 Å². The van der Waals surface area contributed by atoms with Gasteiger partial charge in [0.25, 0.3) is 0 Å². The Bertz CT molecular complexity index is 322. The molecular formula is C10H18BrNO2S. The minimum atomic E-state index is -3.07. The molecule has 88 valence electrons. The largest absolute Gasteiger partial charge is 0.224 e. The SMILES string of the molecule is CN(C1CC2CCC1CC2)S(=O)(=O)CBr. The lowest BCUT2D eigenvalue weighted by Gasteiger charge is -2.45. The van der Waals surface area contributed by atoms with E-state index in [4.69, 9.17) is 0 Å². The molecule has 3 nitrogen and oxygen atoms in total. The van der Waals surface area contributed by atoms with E-state index >= 15 is 0 Å². The highest BCUT2D eigenvalue weighted by Gasteiger charge is 2.40. The minimum absolute atomic E-state index is 0.0460. The van der Waals surface area contributed by atoms with Gasteiger partial charge in [-0.05, 0) is 31.1 Å². The Kier molecular flexibility index (Phi) is 3.43. The third kappa shape index (κ3) is 2.24. The van der Waals surface area contributed by atoms with E-state index in [1.165, 1.54) is 25.7 Å². The smallest absolute Gasteiger partial charge is 0.211 e. The quantitative estimate of drug-likeness (QED) is 0.749. The Labute approximate surface area is 100 Å². The zero-order chi connectivity index (χ0) is 11.1. The molecule has 0 aromatic carbocycles. The molecule has 1 unspecified atom stereocenters. The van der Waals surface area contributed by atoms with Gasteiger partial charge in [0.2, 0.25) is 10.0 Å². The summed E-state index contributed by atoms with van der Waals surface area (Å²) in [5.41, 5.74) is 0. The predicted octanol–water partition coefficient (Wildman–Crippen LogP) is 2.18. The van der Waals surface area contributed by atoms with Crippen LogP contribution in [0.25, 0.3) is 0 Å². The minimum Gasteiger partial charge on any atom is -0.211 e. The molecule has 0 aromatic heterocycles. The molecule has 0 saturated heterocycles. The van der Waals surface area contributed by atoms with Gasteiger partial charge in [-0.25, -0.2) is 12.7 Å². The molecule has 3 aliphatic rings. The van der Waals surface area contributed by atoms with Gasteiger partial charge in [-0.2, -0.15) is 0 Å². The Morgan fingerprint density at radius 3 is 2.27 bits per heavy atom. The average Bonchev–Trinajstić information content (AvgIpc) is 2.29. The van der Waals surface area contributed by atoms with E-state index in [2.05, 4.69) is 15.9 Å². The fraction of sp³-hybridized carbons (Fsp3) is 1.00. The van der Waals surface area contributed by atoms with Crippen LogP contribution >= 0.6 is 15.9 Å². The zero-order valence-electron chi connectivity index (χ0n) is 9.02. The molecule has 3 rings (SSSR count). The molecule has 0 radical (unpaired) electrons. The summed E-state index contributed by atoms with van der Waals surface area (Å²) in [6.07, 6.45) is 6.13. The summed E-state index contributed by atoms with van der Waals surface area (Å²) in [4.78, 5) is 0. The Hall–Kier alpha value is 0.390. The summed E-state index contributed by atoms with van der Waals surface area (Å²) in [6.45, 7) is 0. The molecule has 1 atom stereocenters. The van der Waals surface area contributed by atoms with Crippen molar-refractivity contribution in [1.29, 1.82) is 0 Å². The number of nitrogens with zero attached hydrogens (tertiary/aromatic N) is 1. The van der Waals surface area contributed by atoms with Gasteiger partial charge < -0.3 is 0 Å². The van der Waals surface area contributed by atoms with E-state index in [9.17, 15) is 8.42 Å². The van der Waals surface area contributed by atoms with E-state index in [1.807, 2.05) is 0 Å². The van der Waals surface area contributed by atoms with E-state index in [-0.39, 0.29) is 10.7 Å². The predicted molar refractivity (Wildman–Crippen MR) is 64.3 cm³/mol. The number of alkyl halides is 1. The highest BCUT2D eigenvalue weighted by atomic mass is 79.9. The van der Waals surface area contributed by atoms with E-state index in [0.29, 0.717) is 5.92 Å². The van der Waals surface area contributed by atoms with Gasteiger partial charge >= 0.3 is 0 Å². The van der Waals surface area contributed by atoms with Gasteiger partial charge in [-0.15, -0.1) is 0 Å². The average molecular weight is 296 g/mol. The van der Waals surface area contributed by atoms with Crippen LogP contribution in [0.4, 0.5) is 0 Å². The maximum absolute atomic E-state index is 11.8. The number of rotatable bonds is 3. The van der Waals surface area contributed by atoms with Crippen molar-refractivity contribution in [2.45, 2.75) is 38.1 Å². The second-order valence-corrected chi connectivity index (χ2v) is 8.15. The van der Waals surface area contributed by atoms with Gasteiger partial charge in [-0.1, -0.05) is 28.8 Å². The third-order valence-corrected chi connectivity index (χ3v) is 7.21. The summed E-state index contributed by atoms with van der Waals surface area (Å²) in [5.74, 6) is 1.38. The molecule has 3 aliphatic carbocycles. The summed E-state index contributed by atoms with van der Waals surface area (Å²) < 4.78 is 25.2. The molecule has 2 bridgehead atoms. The van der Waals surface area contributed by atoms with Crippen LogP contribution in [0.5, 0.6) is 0 Å². The van der Waals surface area contributed by atoms with Crippen molar-refractivity contribution in [3.8, 4) is 0 Å². The van der Waals surface area contributed by atoms with Crippen molar-refractivity contribution in [3.63, 3.8) is 0 Å². The monoisotopic (exact) mass is 295 g/mol. The lowest BCUT2D eigenvalue weighted by atomic mass is 9.68. The molecule has 0 spiro atoms.